The van der Waals surface area contributed by atoms with E-state index >= 15 is 0 Å². The standard InChI is InChI=1S/C20H22Cl2/c21-14-16-4-8-18(9-5-16)20(12-2-1-3-13-20)19-10-6-17(15-22)7-11-19/h4-11H,1-3,12-15H2. The molecule has 1 aliphatic rings. The highest BCUT2D eigenvalue weighted by atomic mass is 35.5. The fourth-order valence-corrected chi connectivity index (χ4v) is 4.08. The number of rotatable bonds is 4. The lowest BCUT2D eigenvalue weighted by Crippen LogP contribution is -2.30. The molecule has 0 saturated heterocycles. The van der Waals surface area contributed by atoms with E-state index in [0.717, 1.165) is 0 Å². The van der Waals surface area contributed by atoms with Crippen molar-refractivity contribution in [2.45, 2.75) is 49.3 Å². The average molecular weight is 333 g/mol. The van der Waals surface area contributed by atoms with Crippen molar-refractivity contribution in [1.29, 1.82) is 0 Å². The Morgan fingerprint density at radius 2 is 1.05 bits per heavy atom. The lowest BCUT2D eigenvalue weighted by Gasteiger charge is -2.39. The maximum atomic E-state index is 5.94. The van der Waals surface area contributed by atoms with E-state index in [-0.39, 0.29) is 5.41 Å². The van der Waals surface area contributed by atoms with Crippen molar-refractivity contribution in [3.63, 3.8) is 0 Å². The lowest BCUT2D eigenvalue weighted by atomic mass is 9.65. The minimum Gasteiger partial charge on any atom is -0.122 e. The predicted molar refractivity (Wildman–Crippen MR) is 95.9 cm³/mol. The van der Waals surface area contributed by atoms with E-state index < -0.39 is 0 Å². The van der Waals surface area contributed by atoms with Gasteiger partial charge in [-0.15, -0.1) is 23.2 Å². The van der Waals surface area contributed by atoms with E-state index in [4.69, 9.17) is 23.2 Å². The van der Waals surface area contributed by atoms with Crippen LogP contribution in [0.3, 0.4) is 0 Å². The molecule has 2 aromatic carbocycles. The Morgan fingerprint density at radius 1 is 0.636 bits per heavy atom. The molecule has 0 atom stereocenters. The van der Waals surface area contributed by atoms with Crippen LogP contribution in [-0.2, 0) is 17.2 Å². The summed E-state index contributed by atoms with van der Waals surface area (Å²) in [5, 5.41) is 0. The van der Waals surface area contributed by atoms with Gasteiger partial charge in [0.15, 0.2) is 0 Å². The Morgan fingerprint density at radius 3 is 1.41 bits per heavy atom. The van der Waals surface area contributed by atoms with E-state index in [1.807, 2.05) is 0 Å². The first-order valence-corrected chi connectivity index (χ1v) is 9.16. The van der Waals surface area contributed by atoms with Gasteiger partial charge in [0.1, 0.15) is 0 Å². The second-order valence-corrected chi connectivity index (χ2v) is 6.84. The van der Waals surface area contributed by atoms with Crippen molar-refractivity contribution in [2.75, 3.05) is 0 Å². The molecular formula is C20H22Cl2. The van der Waals surface area contributed by atoms with Crippen LogP contribution in [-0.4, -0.2) is 0 Å². The SMILES string of the molecule is ClCc1ccc(C2(c3ccc(CCl)cc3)CCCCC2)cc1. The van der Waals surface area contributed by atoms with Crippen LogP contribution in [0.2, 0.25) is 0 Å². The third-order valence-electron chi connectivity index (χ3n) is 5.03. The third-order valence-corrected chi connectivity index (χ3v) is 5.65. The second kappa shape index (κ2) is 7.06. The molecule has 3 rings (SSSR count). The first kappa shape index (κ1) is 15.9. The van der Waals surface area contributed by atoms with Gasteiger partial charge in [-0.25, -0.2) is 0 Å². The van der Waals surface area contributed by atoms with Crippen LogP contribution in [0.1, 0.15) is 54.4 Å². The number of benzene rings is 2. The van der Waals surface area contributed by atoms with Crippen molar-refractivity contribution in [3.05, 3.63) is 70.8 Å². The highest BCUT2D eigenvalue weighted by molar-refractivity contribution is 6.17. The molecule has 0 aromatic heterocycles. The summed E-state index contributed by atoms with van der Waals surface area (Å²) >= 11 is 11.9. The molecule has 0 unspecified atom stereocenters. The van der Waals surface area contributed by atoms with Crippen molar-refractivity contribution >= 4 is 23.2 Å². The van der Waals surface area contributed by atoms with Gasteiger partial charge in [-0.05, 0) is 35.1 Å². The lowest BCUT2D eigenvalue weighted by molar-refractivity contribution is 0.346. The molecular weight excluding hydrogens is 311 g/mol. The normalized spacial score (nSPS) is 17.4. The van der Waals surface area contributed by atoms with Crippen molar-refractivity contribution < 1.29 is 0 Å². The van der Waals surface area contributed by atoms with Crippen LogP contribution in [0.15, 0.2) is 48.5 Å². The summed E-state index contributed by atoms with van der Waals surface area (Å²) in [6, 6.07) is 17.8. The Kier molecular flexibility index (Phi) is 5.10. The highest BCUT2D eigenvalue weighted by Gasteiger charge is 2.35. The minimum atomic E-state index is 0.161. The molecule has 22 heavy (non-hydrogen) atoms. The zero-order valence-corrected chi connectivity index (χ0v) is 14.3. The molecule has 2 aromatic rings. The zero-order valence-electron chi connectivity index (χ0n) is 12.8. The fourth-order valence-electron chi connectivity index (χ4n) is 3.73. The van der Waals surface area contributed by atoms with E-state index in [2.05, 4.69) is 48.5 Å². The molecule has 0 N–H and O–H groups in total. The Bertz CT molecular complexity index is 543. The molecule has 2 heteroatoms. The second-order valence-electron chi connectivity index (χ2n) is 6.30. The van der Waals surface area contributed by atoms with Gasteiger partial charge in [-0.1, -0.05) is 67.8 Å². The van der Waals surface area contributed by atoms with E-state index in [0.29, 0.717) is 11.8 Å². The van der Waals surface area contributed by atoms with Crippen molar-refractivity contribution in [2.24, 2.45) is 0 Å². The smallest absolute Gasteiger partial charge is 0.0474 e. The predicted octanol–water partition coefficient (Wildman–Crippen LogP) is 6.41. The Labute approximate surface area is 143 Å². The van der Waals surface area contributed by atoms with Crippen LogP contribution in [0.4, 0.5) is 0 Å². The van der Waals surface area contributed by atoms with Gasteiger partial charge in [0.05, 0.1) is 0 Å². The van der Waals surface area contributed by atoms with Crippen LogP contribution in [0.25, 0.3) is 0 Å². The van der Waals surface area contributed by atoms with Gasteiger partial charge in [-0.2, -0.15) is 0 Å². The highest BCUT2D eigenvalue weighted by Crippen LogP contribution is 2.45. The largest absolute Gasteiger partial charge is 0.122 e. The molecule has 0 aliphatic heterocycles. The van der Waals surface area contributed by atoms with E-state index in [1.54, 1.807) is 0 Å². The van der Waals surface area contributed by atoms with E-state index in [1.165, 1.54) is 54.4 Å². The summed E-state index contributed by atoms with van der Waals surface area (Å²) in [5.74, 6) is 1.16. The summed E-state index contributed by atoms with van der Waals surface area (Å²) in [6.45, 7) is 0. The number of hydrogen-bond donors (Lipinski definition) is 0. The number of hydrogen-bond acceptors (Lipinski definition) is 0. The van der Waals surface area contributed by atoms with Crippen LogP contribution >= 0.6 is 23.2 Å². The van der Waals surface area contributed by atoms with Gasteiger partial charge in [0.2, 0.25) is 0 Å². The van der Waals surface area contributed by atoms with Crippen molar-refractivity contribution in [1.82, 2.24) is 0 Å². The molecule has 1 saturated carbocycles. The van der Waals surface area contributed by atoms with Gasteiger partial charge in [0.25, 0.3) is 0 Å². The Hall–Kier alpha value is -0.980. The fraction of sp³-hybridized carbons (Fsp3) is 0.400. The molecule has 0 bridgehead atoms. The summed E-state index contributed by atoms with van der Waals surface area (Å²) in [4.78, 5) is 0. The van der Waals surface area contributed by atoms with Gasteiger partial charge in [-0.3, -0.25) is 0 Å². The summed E-state index contributed by atoms with van der Waals surface area (Å²) in [7, 11) is 0. The maximum absolute atomic E-state index is 5.94. The van der Waals surface area contributed by atoms with Gasteiger partial charge in [0, 0.05) is 17.2 Å². The molecule has 0 spiro atoms. The summed E-state index contributed by atoms with van der Waals surface area (Å²) in [6.07, 6.45) is 6.41. The molecule has 1 aliphatic carbocycles. The zero-order chi connectivity index (χ0) is 15.4. The number of alkyl halides is 2. The molecule has 1 fully saturated rings. The molecule has 0 nitrogen and oxygen atoms in total. The Balaban J connectivity index is 2.02. The topological polar surface area (TPSA) is 0 Å². The molecule has 0 heterocycles. The van der Waals surface area contributed by atoms with E-state index in [9.17, 15) is 0 Å². The average Bonchev–Trinajstić information content (AvgIpc) is 2.62. The minimum absolute atomic E-state index is 0.161. The van der Waals surface area contributed by atoms with Gasteiger partial charge >= 0.3 is 0 Å². The third kappa shape index (κ3) is 3.05. The van der Waals surface area contributed by atoms with Crippen LogP contribution in [0, 0.1) is 0 Å². The molecule has 116 valence electrons. The quantitative estimate of drug-likeness (QED) is 0.567. The monoisotopic (exact) mass is 332 g/mol. The van der Waals surface area contributed by atoms with Gasteiger partial charge < -0.3 is 0 Å². The maximum Gasteiger partial charge on any atom is 0.0474 e. The van der Waals surface area contributed by atoms with Crippen molar-refractivity contribution in [3.8, 4) is 0 Å². The van der Waals surface area contributed by atoms with Crippen LogP contribution in [0.5, 0.6) is 0 Å². The first-order chi connectivity index (χ1) is 10.8. The summed E-state index contributed by atoms with van der Waals surface area (Å²) in [5.41, 5.74) is 5.40. The molecule has 0 amide bonds. The molecule has 0 radical (unpaired) electrons. The van der Waals surface area contributed by atoms with Crippen LogP contribution < -0.4 is 0 Å². The first-order valence-electron chi connectivity index (χ1n) is 8.09. The number of halogens is 2. The summed E-state index contributed by atoms with van der Waals surface area (Å²) < 4.78 is 0.